The van der Waals surface area contributed by atoms with E-state index >= 15 is 0 Å². The van der Waals surface area contributed by atoms with Crippen LogP contribution in [0, 0.1) is 11.7 Å². The van der Waals surface area contributed by atoms with Gasteiger partial charge in [-0.25, -0.2) is 4.39 Å². The minimum atomic E-state index is -0.621. The van der Waals surface area contributed by atoms with E-state index in [1.54, 1.807) is 12.1 Å². The first-order valence-electron chi connectivity index (χ1n) is 9.15. The van der Waals surface area contributed by atoms with E-state index in [0.717, 1.165) is 51.1 Å². The van der Waals surface area contributed by atoms with Crippen molar-refractivity contribution in [2.75, 3.05) is 32.8 Å². The van der Waals surface area contributed by atoms with Crippen LogP contribution in [0.1, 0.15) is 31.2 Å². The Labute approximate surface area is 152 Å². The number of benzene rings is 1. The summed E-state index contributed by atoms with van der Waals surface area (Å²) in [7, 11) is 0. The van der Waals surface area contributed by atoms with Gasteiger partial charge in [0, 0.05) is 32.7 Å². The second-order valence-electron chi connectivity index (χ2n) is 7.56. The summed E-state index contributed by atoms with van der Waals surface area (Å²) >= 11 is 5.87. The van der Waals surface area contributed by atoms with Gasteiger partial charge in [-0.2, -0.15) is 0 Å². The molecule has 3 fully saturated rings. The Kier molecular flexibility index (Phi) is 4.73. The quantitative estimate of drug-likeness (QED) is 0.821. The van der Waals surface area contributed by atoms with Crippen LogP contribution < -0.4 is 0 Å². The van der Waals surface area contributed by atoms with E-state index in [1.165, 1.54) is 18.9 Å². The number of ether oxygens (including phenoxy) is 1. The van der Waals surface area contributed by atoms with Crippen molar-refractivity contribution in [2.24, 2.45) is 5.92 Å². The Morgan fingerprint density at radius 1 is 1.24 bits per heavy atom. The number of amides is 1. The molecule has 1 saturated carbocycles. The molecule has 1 spiro atoms. The molecule has 2 aliphatic heterocycles. The van der Waals surface area contributed by atoms with E-state index in [0.29, 0.717) is 12.5 Å². The minimum Gasteiger partial charge on any atom is -0.363 e. The molecule has 0 aromatic heterocycles. The number of likely N-dealkylation sites (tertiary alicyclic amines) is 1. The van der Waals surface area contributed by atoms with E-state index in [-0.39, 0.29) is 16.7 Å². The first-order chi connectivity index (χ1) is 12.1. The number of nitrogens with zero attached hydrogens (tertiary/aromatic N) is 2. The highest BCUT2D eigenvalue weighted by molar-refractivity contribution is 6.30. The molecule has 0 N–H and O–H groups in total. The second-order valence-corrected chi connectivity index (χ2v) is 7.97. The third kappa shape index (κ3) is 3.69. The molecule has 4 nitrogen and oxygen atoms in total. The maximum absolute atomic E-state index is 13.3. The molecule has 1 aliphatic carbocycles. The van der Waals surface area contributed by atoms with Crippen LogP contribution in [0.4, 0.5) is 4.39 Å². The Morgan fingerprint density at radius 2 is 2.00 bits per heavy atom. The van der Waals surface area contributed by atoms with E-state index in [2.05, 4.69) is 4.90 Å². The first kappa shape index (κ1) is 17.3. The Balaban J connectivity index is 1.36. The molecular formula is C19H24ClFN2O2. The summed E-state index contributed by atoms with van der Waals surface area (Å²) < 4.78 is 19.3. The topological polar surface area (TPSA) is 32.8 Å². The zero-order chi connectivity index (χ0) is 17.4. The van der Waals surface area contributed by atoms with Gasteiger partial charge in [0.1, 0.15) is 11.4 Å². The van der Waals surface area contributed by atoms with Gasteiger partial charge in [0.2, 0.25) is 0 Å². The number of hydrogen-bond acceptors (Lipinski definition) is 3. The molecule has 2 saturated heterocycles. The van der Waals surface area contributed by atoms with Crippen LogP contribution in [-0.2, 0) is 16.1 Å². The van der Waals surface area contributed by atoms with Crippen molar-refractivity contribution in [1.29, 1.82) is 0 Å². The van der Waals surface area contributed by atoms with Crippen molar-refractivity contribution in [3.05, 3.63) is 34.6 Å². The standard InChI is InChI=1S/C19H24ClFN2O2/c20-16-11-15(3-4-17(16)21)12-22-7-5-19(6-8-22)18(24)23(9-10-25-19)13-14-1-2-14/h3-4,11,14H,1-2,5-10,12-13H2. The predicted octanol–water partition coefficient (Wildman–Crippen LogP) is 3.08. The summed E-state index contributed by atoms with van der Waals surface area (Å²) in [5.74, 6) is 0.512. The number of piperidine rings is 1. The lowest BCUT2D eigenvalue weighted by atomic mass is 9.88. The van der Waals surface area contributed by atoms with Crippen LogP contribution in [0.15, 0.2) is 18.2 Å². The molecule has 25 heavy (non-hydrogen) atoms. The van der Waals surface area contributed by atoms with Crippen molar-refractivity contribution in [1.82, 2.24) is 9.80 Å². The highest BCUT2D eigenvalue weighted by Gasteiger charge is 2.47. The van der Waals surface area contributed by atoms with Crippen molar-refractivity contribution >= 4 is 17.5 Å². The van der Waals surface area contributed by atoms with Crippen molar-refractivity contribution in [3.8, 4) is 0 Å². The van der Waals surface area contributed by atoms with Crippen molar-refractivity contribution in [2.45, 2.75) is 37.8 Å². The van der Waals surface area contributed by atoms with Crippen LogP contribution in [0.25, 0.3) is 0 Å². The second kappa shape index (κ2) is 6.86. The maximum atomic E-state index is 13.3. The summed E-state index contributed by atoms with van der Waals surface area (Å²) in [4.78, 5) is 17.2. The van der Waals surface area contributed by atoms with E-state index < -0.39 is 5.60 Å². The average Bonchev–Trinajstić information content (AvgIpc) is 3.42. The lowest BCUT2D eigenvalue weighted by molar-refractivity contribution is -0.180. The molecule has 1 amide bonds. The third-order valence-corrected chi connectivity index (χ3v) is 5.94. The van der Waals surface area contributed by atoms with Crippen LogP contribution in [0.5, 0.6) is 0 Å². The number of carbonyl (C=O) groups excluding carboxylic acids is 1. The SMILES string of the molecule is O=C1N(CC2CC2)CCOC12CCN(Cc1ccc(F)c(Cl)c1)CC2. The summed E-state index contributed by atoms with van der Waals surface area (Å²) in [5.41, 5.74) is 0.373. The summed E-state index contributed by atoms with van der Waals surface area (Å²) in [6.45, 7) is 4.61. The summed E-state index contributed by atoms with van der Waals surface area (Å²) in [6.07, 6.45) is 3.96. The van der Waals surface area contributed by atoms with Crippen LogP contribution >= 0.6 is 11.6 Å². The Morgan fingerprint density at radius 3 is 2.68 bits per heavy atom. The summed E-state index contributed by atoms with van der Waals surface area (Å²) in [5, 5.41) is 0.160. The van der Waals surface area contributed by atoms with Gasteiger partial charge >= 0.3 is 0 Å². The molecular weight excluding hydrogens is 343 g/mol. The maximum Gasteiger partial charge on any atom is 0.255 e. The van der Waals surface area contributed by atoms with Gasteiger partial charge in [-0.15, -0.1) is 0 Å². The Hall–Kier alpha value is -1.17. The highest BCUT2D eigenvalue weighted by atomic mass is 35.5. The Bertz CT molecular complexity index is 657. The van der Waals surface area contributed by atoms with Gasteiger partial charge in [-0.05, 0) is 49.3 Å². The fourth-order valence-electron chi connectivity index (χ4n) is 3.92. The lowest BCUT2D eigenvalue weighted by Gasteiger charge is -2.46. The van der Waals surface area contributed by atoms with E-state index in [1.807, 2.05) is 4.90 Å². The molecule has 4 rings (SSSR count). The van der Waals surface area contributed by atoms with Crippen LogP contribution in [-0.4, -0.2) is 54.1 Å². The van der Waals surface area contributed by atoms with Gasteiger partial charge in [-0.3, -0.25) is 9.69 Å². The monoisotopic (exact) mass is 366 g/mol. The molecule has 2 heterocycles. The van der Waals surface area contributed by atoms with Gasteiger partial charge in [0.25, 0.3) is 5.91 Å². The predicted molar refractivity (Wildman–Crippen MR) is 93.9 cm³/mol. The van der Waals surface area contributed by atoms with Crippen molar-refractivity contribution in [3.63, 3.8) is 0 Å². The van der Waals surface area contributed by atoms with Gasteiger partial charge < -0.3 is 9.64 Å². The number of carbonyl (C=O) groups is 1. The fourth-order valence-corrected chi connectivity index (χ4v) is 4.12. The average molecular weight is 367 g/mol. The molecule has 0 radical (unpaired) electrons. The van der Waals surface area contributed by atoms with Gasteiger partial charge in [-0.1, -0.05) is 17.7 Å². The molecule has 6 heteroatoms. The number of rotatable bonds is 4. The largest absolute Gasteiger partial charge is 0.363 e. The summed E-state index contributed by atoms with van der Waals surface area (Å²) in [6, 6.07) is 4.86. The number of halogens is 2. The molecule has 3 aliphatic rings. The molecule has 1 aromatic carbocycles. The van der Waals surface area contributed by atoms with Crippen molar-refractivity contribution < 1.29 is 13.9 Å². The zero-order valence-electron chi connectivity index (χ0n) is 14.3. The zero-order valence-corrected chi connectivity index (χ0v) is 15.1. The van der Waals surface area contributed by atoms with E-state index in [4.69, 9.17) is 16.3 Å². The first-order valence-corrected chi connectivity index (χ1v) is 9.53. The highest BCUT2D eigenvalue weighted by Crippen LogP contribution is 2.35. The molecule has 1 aromatic rings. The van der Waals surface area contributed by atoms with Gasteiger partial charge in [0.05, 0.1) is 11.6 Å². The smallest absolute Gasteiger partial charge is 0.255 e. The number of morpholine rings is 1. The lowest BCUT2D eigenvalue weighted by Crippen LogP contribution is -2.60. The molecule has 0 unspecified atom stereocenters. The minimum absolute atomic E-state index is 0.160. The molecule has 136 valence electrons. The number of hydrogen-bond donors (Lipinski definition) is 0. The normalized spacial score (nSPS) is 24.1. The fraction of sp³-hybridized carbons (Fsp3) is 0.632. The third-order valence-electron chi connectivity index (χ3n) is 5.65. The van der Waals surface area contributed by atoms with E-state index in [9.17, 15) is 9.18 Å². The van der Waals surface area contributed by atoms with Gasteiger partial charge in [0.15, 0.2) is 0 Å². The van der Waals surface area contributed by atoms with Crippen LogP contribution in [0.3, 0.4) is 0 Å². The molecule has 0 atom stereocenters. The molecule has 0 bridgehead atoms. The van der Waals surface area contributed by atoms with Crippen LogP contribution in [0.2, 0.25) is 5.02 Å².